The van der Waals surface area contributed by atoms with Gasteiger partial charge in [0.05, 0.1) is 10.6 Å². The Morgan fingerprint density at radius 2 is 2.00 bits per heavy atom. The maximum absolute atomic E-state index is 10.2. The summed E-state index contributed by atoms with van der Waals surface area (Å²) in [4.78, 5) is 0. The van der Waals surface area contributed by atoms with Gasteiger partial charge in [0.15, 0.2) is 11.6 Å². The zero-order valence-electron chi connectivity index (χ0n) is 10.4. The van der Waals surface area contributed by atoms with Gasteiger partial charge in [-0.1, -0.05) is 23.2 Å². The van der Waals surface area contributed by atoms with E-state index in [1.54, 1.807) is 6.07 Å². The minimum Gasteiger partial charge on any atom is -0.506 e. The van der Waals surface area contributed by atoms with Gasteiger partial charge < -0.3 is 15.4 Å². The number of aromatic hydroxyl groups is 1. The van der Waals surface area contributed by atoms with Crippen LogP contribution in [0.5, 0.6) is 5.75 Å². The molecular weight excluding hydrogens is 264 g/mol. The Balaban J connectivity index is 2.16. The van der Waals surface area contributed by atoms with E-state index in [0.29, 0.717) is 22.2 Å². The molecule has 5 heteroatoms. The first kappa shape index (κ1) is 12.4. The van der Waals surface area contributed by atoms with Crippen LogP contribution in [0.2, 0.25) is 5.02 Å². The van der Waals surface area contributed by atoms with Crippen LogP contribution in [0, 0.1) is 0 Å². The monoisotopic (exact) mass is 278 g/mol. The molecule has 0 aliphatic heterocycles. The Morgan fingerprint density at radius 1 is 1.21 bits per heavy atom. The molecule has 1 aliphatic carbocycles. The minimum atomic E-state index is 0.0541. The van der Waals surface area contributed by atoms with E-state index in [-0.39, 0.29) is 5.75 Å². The molecule has 1 aromatic carbocycles. The maximum atomic E-state index is 10.2. The van der Waals surface area contributed by atoms with Crippen LogP contribution in [0.3, 0.4) is 0 Å². The van der Waals surface area contributed by atoms with Crippen molar-refractivity contribution in [3.8, 4) is 17.1 Å². The number of phenolic OH excluding ortho intramolecular Hbond substituents is 1. The number of nitrogens with two attached hydrogens (primary N) is 1. The third kappa shape index (κ3) is 2.16. The fourth-order valence-electron chi connectivity index (χ4n) is 2.62. The third-order valence-electron chi connectivity index (χ3n) is 3.60. The summed E-state index contributed by atoms with van der Waals surface area (Å²) in [5, 5.41) is 14.3. The molecule has 0 unspecified atom stereocenters. The molecule has 3 N–H and O–H groups in total. The van der Waals surface area contributed by atoms with Crippen molar-refractivity contribution in [1.82, 2.24) is 5.16 Å². The van der Waals surface area contributed by atoms with Gasteiger partial charge in [-0.15, -0.1) is 0 Å². The van der Waals surface area contributed by atoms with Crippen LogP contribution in [0.15, 0.2) is 16.7 Å². The number of hydrogen-bond acceptors (Lipinski definition) is 4. The number of nitrogens with zero attached hydrogens (tertiary/aromatic N) is 1. The van der Waals surface area contributed by atoms with Crippen molar-refractivity contribution < 1.29 is 9.63 Å². The predicted molar refractivity (Wildman–Crippen MR) is 74.3 cm³/mol. The van der Waals surface area contributed by atoms with Gasteiger partial charge in [0.2, 0.25) is 0 Å². The van der Waals surface area contributed by atoms with Gasteiger partial charge in [0.1, 0.15) is 5.75 Å². The number of benzene rings is 1. The zero-order chi connectivity index (χ0) is 13.4. The molecule has 100 valence electrons. The van der Waals surface area contributed by atoms with Crippen molar-refractivity contribution in [3.63, 3.8) is 0 Å². The molecule has 4 nitrogen and oxygen atoms in total. The van der Waals surface area contributed by atoms with Crippen LogP contribution in [0.25, 0.3) is 11.3 Å². The van der Waals surface area contributed by atoms with Gasteiger partial charge in [-0.3, -0.25) is 0 Å². The highest BCUT2D eigenvalue weighted by Crippen LogP contribution is 2.41. The predicted octanol–water partition coefficient (Wildman–Crippen LogP) is 3.55. The molecule has 19 heavy (non-hydrogen) atoms. The molecular formula is C14H15ClN2O2. The zero-order valence-corrected chi connectivity index (χ0v) is 11.2. The van der Waals surface area contributed by atoms with Gasteiger partial charge in [0.25, 0.3) is 0 Å². The van der Waals surface area contributed by atoms with Crippen LogP contribution in [0.1, 0.15) is 30.4 Å². The maximum Gasteiger partial charge on any atom is 0.172 e. The van der Waals surface area contributed by atoms with E-state index in [1.165, 1.54) is 12.0 Å². The number of halogens is 1. The summed E-state index contributed by atoms with van der Waals surface area (Å²) in [6.45, 7) is 0. The van der Waals surface area contributed by atoms with E-state index >= 15 is 0 Å². The second-order valence-electron chi connectivity index (χ2n) is 4.90. The van der Waals surface area contributed by atoms with Crippen LogP contribution in [-0.4, -0.2) is 10.3 Å². The van der Waals surface area contributed by atoms with E-state index in [4.69, 9.17) is 21.9 Å². The Bertz CT molecular complexity index is 622. The summed E-state index contributed by atoms with van der Waals surface area (Å²) in [6, 6.07) is 3.54. The lowest BCUT2D eigenvalue weighted by Crippen LogP contribution is -1.94. The highest BCUT2D eigenvalue weighted by atomic mass is 35.5. The van der Waals surface area contributed by atoms with E-state index in [9.17, 15) is 5.11 Å². The molecule has 0 fully saturated rings. The van der Waals surface area contributed by atoms with Crippen LogP contribution < -0.4 is 5.73 Å². The van der Waals surface area contributed by atoms with Gasteiger partial charge in [-0.05, 0) is 42.9 Å². The molecule has 0 spiro atoms. The first-order valence-corrected chi connectivity index (χ1v) is 6.80. The molecule has 1 heterocycles. The number of aryl methyl sites for hydroxylation is 1. The van der Waals surface area contributed by atoms with Gasteiger partial charge in [-0.25, -0.2) is 0 Å². The Labute approximate surface area is 116 Å². The van der Waals surface area contributed by atoms with E-state index in [0.717, 1.165) is 31.2 Å². The second-order valence-corrected chi connectivity index (χ2v) is 5.28. The largest absolute Gasteiger partial charge is 0.506 e. The lowest BCUT2D eigenvalue weighted by Gasteiger charge is -2.12. The number of aromatic nitrogens is 1. The van der Waals surface area contributed by atoms with Gasteiger partial charge in [0, 0.05) is 6.07 Å². The number of anilines is 1. The summed E-state index contributed by atoms with van der Waals surface area (Å²) < 4.78 is 5.11. The van der Waals surface area contributed by atoms with Gasteiger partial charge >= 0.3 is 0 Å². The summed E-state index contributed by atoms with van der Waals surface area (Å²) >= 11 is 6.30. The molecule has 0 saturated carbocycles. The molecule has 2 aromatic rings. The molecule has 0 amide bonds. The lowest BCUT2D eigenvalue weighted by molar-refractivity contribution is 0.429. The van der Waals surface area contributed by atoms with Crippen molar-refractivity contribution in [2.24, 2.45) is 0 Å². The van der Waals surface area contributed by atoms with Crippen molar-refractivity contribution in [1.29, 1.82) is 0 Å². The minimum absolute atomic E-state index is 0.0541. The Morgan fingerprint density at radius 3 is 2.74 bits per heavy atom. The summed E-state index contributed by atoms with van der Waals surface area (Å²) in [7, 11) is 0. The number of fused-ring (bicyclic) bond motifs is 1. The fraction of sp³-hybridized carbons (Fsp3) is 0.357. The van der Waals surface area contributed by atoms with E-state index in [1.807, 2.05) is 6.07 Å². The Hall–Kier alpha value is -1.68. The number of phenols is 1. The number of nitrogen functional groups attached to an aromatic ring is 1. The number of hydrogen-bond donors (Lipinski definition) is 2. The molecule has 1 aromatic heterocycles. The molecule has 0 radical (unpaired) electrons. The first-order chi connectivity index (χ1) is 9.16. The second kappa shape index (κ2) is 4.78. The average Bonchev–Trinajstić information content (AvgIpc) is 2.69. The van der Waals surface area contributed by atoms with Crippen molar-refractivity contribution >= 4 is 17.4 Å². The van der Waals surface area contributed by atoms with E-state index < -0.39 is 0 Å². The lowest BCUT2D eigenvalue weighted by atomic mass is 9.98. The third-order valence-corrected chi connectivity index (χ3v) is 4.01. The fourth-order valence-corrected chi connectivity index (χ4v) is 2.94. The summed E-state index contributed by atoms with van der Waals surface area (Å²) in [5.74, 6) is 0.794. The van der Waals surface area contributed by atoms with Crippen LogP contribution in [0.4, 0.5) is 5.82 Å². The quantitative estimate of drug-likeness (QED) is 0.783. The first-order valence-electron chi connectivity index (χ1n) is 6.42. The smallest absolute Gasteiger partial charge is 0.172 e. The molecule has 1 aliphatic rings. The molecule has 3 rings (SSSR count). The van der Waals surface area contributed by atoms with Crippen LogP contribution in [-0.2, 0) is 12.8 Å². The molecule has 0 bridgehead atoms. The molecule has 0 saturated heterocycles. The van der Waals surface area contributed by atoms with Crippen molar-refractivity contribution in [2.75, 3.05) is 5.73 Å². The topological polar surface area (TPSA) is 72.3 Å². The normalized spacial score (nSPS) is 15.0. The van der Waals surface area contributed by atoms with Crippen molar-refractivity contribution in [3.05, 3.63) is 28.3 Å². The SMILES string of the molecule is Nc1cc(-c2cc3c(c(Cl)c2O)CCCCC3)on1. The molecule has 0 atom stereocenters. The summed E-state index contributed by atoms with van der Waals surface area (Å²) in [5.41, 5.74) is 8.36. The summed E-state index contributed by atoms with van der Waals surface area (Å²) in [6.07, 6.45) is 5.34. The van der Waals surface area contributed by atoms with Crippen molar-refractivity contribution in [2.45, 2.75) is 32.1 Å². The average molecular weight is 279 g/mol. The highest BCUT2D eigenvalue weighted by molar-refractivity contribution is 6.33. The van der Waals surface area contributed by atoms with Gasteiger partial charge in [-0.2, -0.15) is 0 Å². The van der Waals surface area contributed by atoms with Crippen LogP contribution >= 0.6 is 11.6 Å². The number of rotatable bonds is 1. The Kier molecular flexibility index (Phi) is 3.11. The van der Waals surface area contributed by atoms with E-state index in [2.05, 4.69) is 5.16 Å². The standard InChI is InChI=1S/C14H15ClN2O2/c15-13-9-5-3-1-2-4-8(9)6-10(14(13)18)11-7-12(16)17-19-11/h6-7,18H,1-5H2,(H2,16,17). The highest BCUT2D eigenvalue weighted by Gasteiger charge is 2.20.